The number of para-hydroxylation sites is 1. The molecule has 33 heavy (non-hydrogen) atoms. The van der Waals surface area contributed by atoms with E-state index in [1.54, 1.807) is 37.4 Å². The molecule has 0 unspecified atom stereocenters. The number of hydrogen-bond donors (Lipinski definition) is 1. The zero-order valence-electron chi connectivity index (χ0n) is 18.5. The van der Waals surface area contributed by atoms with Crippen LogP contribution in [-0.2, 0) is 13.6 Å². The van der Waals surface area contributed by atoms with Crippen molar-refractivity contribution in [2.24, 2.45) is 7.05 Å². The maximum absolute atomic E-state index is 13.0. The normalized spacial score (nSPS) is 16.2. The minimum Gasteiger partial charge on any atom is -0.490 e. The molecule has 7 heteroatoms. The van der Waals surface area contributed by atoms with E-state index in [9.17, 15) is 9.59 Å². The summed E-state index contributed by atoms with van der Waals surface area (Å²) in [7, 11) is 1.68. The number of nitriles is 1. The molecule has 3 aromatic rings. The minimum absolute atomic E-state index is 0.0961. The van der Waals surface area contributed by atoms with E-state index in [1.807, 2.05) is 18.2 Å². The summed E-state index contributed by atoms with van der Waals surface area (Å²) in [6.07, 6.45) is 4.99. The van der Waals surface area contributed by atoms with E-state index in [-0.39, 0.29) is 22.4 Å². The van der Waals surface area contributed by atoms with E-state index in [1.165, 1.54) is 30.3 Å². The SMILES string of the molecule is Cn1c(=O)c(C(=O)NCc2ccc(C#N)cc2)cc2cccc(OCC3(SC4CC4)CC3)c21. The van der Waals surface area contributed by atoms with Crippen LogP contribution in [0.1, 0.15) is 47.2 Å². The van der Waals surface area contributed by atoms with Gasteiger partial charge < -0.3 is 14.6 Å². The fraction of sp³-hybridized carbons (Fsp3) is 0.346. The average Bonchev–Trinajstić information content (AvgIpc) is 3.77. The van der Waals surface area contributed by atoms with Crippen LogP contribution in [0.5, 0.6) is 5.75 Å². The lowest BCUT2D eigenvalue weighted by molar-refractivity contribution is 0.0949. The number of amides is 1. The number of rotatable bonds is 8. The second-order valence-electron chi connectivity index (χ2n) is 8.90. The lowest BCUT2D eigenvalue weighted by Crippen LogP contribution is -2.32. The number of pyridine rings is 1. The Hall–Kier alpha value is -3.24. The van der Waals surface area contributed by atoms with Gasteiger partial charge in [0.05, 0.1) is 21.9 Å². The van der Waals surface area contributed by atoms with Gasteiger partial charge in [0.1, 0.15) is 17.9 Å². The number of hydrogen-bond acceptors (Lipinski definition) is 5. The molecule has 0 atom stereocenters. The van der Waals surface area contributed by atoms with Crippen LogP contribution in [0, 0.1) is 11.3 Å². The van der Waals surface area contributed by atoms with Crippen molar-refractivity contribution >= 4 is 28.6 Å². The van der Waals surface area contributed by atoms with Crippen molar-refractivity contribution in [2.75, 3.05) is 6.61 Å². The average molecular weight is 460 g/mol. The van der Waals surface area contributed by atoms with Crippen molar-refractivity contribution in [3.8, 4) is 11.8 Å². The molecule has 5 rings (SSSR count). The van der Waals surface area contributed by atoms with Gasteiger partial charge in [0.25, 0.3) is 11.5 Å². The van der Waals surface area contributed by atoms with Gasteiger partial charge in [-0.3, -0.25) is 9.59 Å². The number of thioether (sulfide) groups is 1. The number of nitrogens with one attached hydrogen (secondary N) is 1. The maximum atomic E-state index is 13.0. The standard InChI is InChI=1S/C26H25N3O3S/c1-29-23-19(3-2-4-22(23)32-16-26(11-12-26)33-20-9-10-20)13-21(25(29)31)24(30)28-15-18-7-5-17(14-27)6-8-18/h2-8,13,20H,9-12,15-16H2,1H3,(H,28,30). The Kier molecular flexibility index (Phi) is 5.63. The van der Waals surface area contributed by atoms with E-state index in [0.717, 1.165) is 16.2 Å². The maximum Gasteiger partial charge on any atom is 0.263 e. The number of carbonyl (C=O) groups is 1. The van der Waals surface area contributed by atoms with Gasteiger partial charge in [-0.15, -0.1) is 11.8 Å². The van der Waals surface area contributed by atoms with Crippen LogP contribution in [-0.4, -0.2) is 27.1 Å². The fourth-order valence-electron chi connectivity index (χ4n) is 3.95. The zero-order chi connectivity index (χ0) is 23.0. The third-order valence-corrected chi connectivity index (χ3v) is 8.05. The molecule has 1 amide bonds. The summed E-state index contributed by atoms with van der Waals surface area (Å²) in [6.45, 7) is 0.921. The summed E-state index contributed by atoms with van der Waals surface area (Å²) >= 11 is 2.06. The number of nitrogens with zero attached hydrogens (tertiary/aromatic N) is 2. The summed E-state index contributed by atoms with van der Waals surface area (Å²) in [4.78, 5) is 25.9. The van der Waals surface area contributed by atoms with E-state index < -0.39 is 5.91 Å². The Labute approximate surface area is 196 Å². The van der Waals surface area contributed by atoms with Crippen molar-refractivity contribution in [3.63, 3.8) is 0 Å². The summed E-state index contributed by atoms with van der Waals surface area (Å²) in [5.41, 5.74) is 1.86. The van der Waals surface area contributed by atoms with E-state index >= 15 is 0 Å². The second kappa shape index (κ2) is 8.60. The first-order valence-corrected chi connectivity index (χ1v) is 12.1. The number of benzene rings is 2. The molecule has 1 heterocycles. The summed E-state index contributed by atoms with van der Waals surface area (Å²) in [5, 5.41) is 13.3. The Bertz CT molecular complexity index is 1320. The van der Waals surface area contributed by atoms with E-state index in [4.69, 9.17) is 10.00 Å². The first kappa shape index (κ1) is 21.6. The van der Waals surface area contributed by atoms with Crippen LogP contribution in [0.3, 0.4) is 0 Å². The number of carbonyl (C=O) groups excluding carboxylic acids is 1. The highest BCUT2D eigenvalue weighted by Crippen LogP contribution is 2.55. The molecule has 0 aliphatic heterocycles. The van der Waals surface area contributed by atoms with Crippen molar-refractivity contribution in [3.05, 3.63) is 75.6 Å². The molecule has 2 aliphatic rings. The predicted octanol–water partition coefficient (Wildman–Crippen LogP) is 4.15. The van der Waals surface area contributed by atoms with E-state index in [0.29, 0.717) is 23.4 Å². The zero-order valence-corrected chi connectivity index (χ0v) is 19.3. The lowest BCUT2D eigenvalue weighted by Gasteiger charge is -2.18. The van der Waals surface area contributed by atoms with Crippen molar-refractivity contribution < 1.29 is 9.53 Å². The predicted molar refractivity (Wildman–Crippen MR) is 130 cm³/mol. The van der Waals surface area contributed by atoms with Gasteiger partial charge in [-0.25, -0.2) is 0 Å². The molecule has 2 aliphatic carbocycles. The molecule has 0 radical (unpaired) electrons. The molecule has 2 saturated carbocycles. The molecule has 2 aromatic carbocycles. The first-order valence-electron chi connectivity index (χ1n) is 11.2. The van der Waals surface area contributed by atoms with Gasteiger partial charge in [0.15, 0.2) is 0 Å². The summed E-state index contributed by atoms with van der Waals surface area (Å²) in [6, 6.07) is 16.4. The molecule has 6 nitrogen and oxygen atoms in total. The van der Waals surface area contributed by atoms with Crippen molar-refractivity contribution in [1.29, 1.82) is 5.26 Å². The monoisotopic (exact) mass is 459 g/mol. The van der Waals surface area contributed by atoms with Crippen LogP contribution in [0.4, 0.5) is 0 Å². The van der Waals surface area contributed by atoms with Crippen LogP contribution >= 0.6 is 11.8 Å². The molecule has 1 aromatic heterocycles. The molecule has 2 fully saturated rings. The van der Waals surface area contributed by atoms with Crippen molar-refractivity contribution in [1.82, 2.24) is 9.88 Å². The molecule has 0 spiro atoms. The van der Waals surface area contributed by atoms with E-state index in [2.05, 4.69) is 23.1 Å². The second-order valence-corrected chi connectivity index (χ2v) is 10.7. The van der Waals surface area contributed by atoms with Crippen LogP contribution in [0.25, 0.3) is 10.9 Å². The number of fused-ring (bicyclic) bond motifs is 1. The molecule has 1 N–H and O–H groups in total. The third-order valence-electron chi connectivity index (χ3n) is 6.22. The van der Waals surface area contributed by atoms with Gasteiger partial charge >= 0.3 is 0 Å². The quantitative estimate of drug-likeness (QED) is 0.547. The van der Waals surface area contributed by atoms with Gasteiger partial charge in [-0.2, -0.15) is 5.26 Å². The van der Waals surface area contributed by atoms with Gasteiger partial charge in [0, 0.05) is 24.2 Å². The Morgan fingerprint density at radius 3 is 2.67 bits per heavy atom. The number of aryl methyl sites for hydroxylation is 1. The highest BCUT2D eigenvalue weighted by Gasteiger charge is 2.48. The molecular formula is C26H25N3O3S. The van der Waals surface area contributed by atoms with Crippen LogP contribution in [0.2, 0.25) is 0 Å². The van der Waals surface area contributed by atoms with Gasteiger partial charge in [-0.1, -0.05) is 24.3 Å². The number of ether oxygens (including phenoxy) is 1. The smallest absolute Gasteiger partial charge is 0.263 e. The largest absolute Gasteiger partial charge is 0.490 e. The summed E-state index contributed by atoms with van der Waals surface area (Å²) < 4.78 is 7.97. The first-order chi connectivity index (χ1) is 16.0. The molecular weight excluding hydrogens is 434 g/mol. The highest BCUT2D eigenvalue weighted by atomic mass is 32.2. The molecule has 0 saturated heterocycles. The van der Waals surface area contributed by atoms with Crippen molar-refractivity contribution in [2.45, 2.75) is 42.2 Å². The topological polar surface area (TPSA) is 84.1 Å². The minimum atomic E-state index is -0.425. The third kappa shape index (κ3) is 4.62. The van der Waals surface area contributed by atoms with Crippen LogP contribution in [0.15, 0.2) is 53.3 Å². The van der Waals surface area contributed by atoms with Gasteiger partial charge in [0.2, 0.25) is 0 Å². The lowest BCUT2D eigenvalue weighted by atomic mass is 10.1. The van der Waals surface area contributed by atoms with Crippen LogP contribution < -0.4 is 15.6 Å². The Balaban J connectivity index is 1.34. The Morgan fingerprint density at radius 2 is 2.00 bits per heavy atom. The fourth-order valence-corrected chi connectivity index (χ4v) is 5.50. The van der Waals surface area contributed by atoms with Gasteiger partial charge in [-0.05, 0) is 55.5 Å². The highest BCUT2D eigenvalue weighted by molar-refractivity contribution is 8.01. The molecule has 0 bridgehead atoms. The Morgan fingerprint density at radius 1 is 1.24 bits per heavy atom. The summed E-state index contributed by atoms with van der Waals surface area (Å²) in [5.74, 6) is 0.255. The molecule has 168 valence electrons. The number of aromatic nitrogens is 1.